The first-order valence-electron chi connectivity index (χ1n) is 11.2. The van der Waals surface area contributed by atoms with Gasteiger partial charge in [0.2, 0.25) is 5.82 Å². The van der Waals surface area contributed by atoms with E-state index in [2.05, 4.69) is 11.7 Å². The van der Waals surface area contributed by atoms with Gasteiger partial charge in [-0.15, -0.1) is 0 Å². The molecule has 2 aliphatic rings. The molecule has 3 rings (SSSR count). The van der Waals surface area contributed by atoms with Crippen LogP contribution >= 0.6 is 0 Å². The molecule has 0 saturated heterocycles. The van der Waals surface area contributed by atoms with Gasteiger partial charge in [-0.3, -0.25) is 0 Å². The van der Waals surface area contributed by atoms with Gasteiger partial charge in [0.25, 0.3) is 0 Å². The second-order valence-electron chi connectivity index (χ2n) is 9.10. The normalized spacial score (nSPS) is 28.4. The highest BCUT2D eigenvalue weighted by Gasteiger charge is 2.44. The van der Waals surface area contributed by atoms with E-state index in [-0.39, 0.29) is 5.56 Å². The van der Waals surface area contributed by atoms with Crippen LogP contribution in [0.2, 0.25) is 0 Å². The maximum atomic E-state index is 14.3. The summed E-state index contributed by atoms with van der Waals surface area (Å²) in [5.74, 6) is -4.07. The molecule has 0 heterocycles. The van der Waals surface area contributed by atoms with Crippen LogP contribution in [0.25, 0.3) is 0 Å². The number of halogens is 6. The molecule has 1 aromatic rings. The Morgan fingerprint density at radius 2 is 1.55 bits per heavy atom. The van der Waals surface area contributed by atoms with Gasteiger partial charge in [0.1, 0.15) is 0 Å². The van der Waals surface area contributed by atoms with Crippen LogP contribution in [0, 0.1) is 29.4 Å². The number of hydrogen-bond donors (Lipinski definition) is 1. The SMILES string of the molecule is CCCC1CCC(C2CCC(c3cc(F)c(O)c(F)c3OC(F)C(F)(F)F)CC2)CC1. The second kappa shape index (κ2) is 9.90. The van der Waals surface area contributed by atoms with Gasteiger partial charge in [-0.05, 0) is 68.3 Å². The number of aromatic hydroxyl groups is 1. The zero-order valence-electron chi connectivity index (χ0n) is 17.7. The van der Waals surface area contributed by atoms with Crippen molar-refractivity contribution in [3.05, 3.63) is 23.3 Å². The molecule has 1 aromatic carbocycles. The van der Waals surface area contributed by atoms with Crippen LogP contribution in [0.1, 0.15) is 82.6 Å². The first kappa shape index (κ1) is 24.1. The molecule has 176 valence electrons. The summed E-state index contributed by atoms with van der Waals surface area (Å²) in [5, 5.41) is 9.46. The number of phenols is 1. The van der Waals surface area contributed by atoms with Crippen molar-refractivity contribution in [1.82, 2.24) is 0 Å². The lowest BCUT2D eigenvalue weighted by Gasteiger charge is -2.38. The summed E-state index contributed by atoms with van der Waals surface area (Å²) in [6.07, 6.45) is 0.781. The van der Waals surface area contributed by atoms with E-state index in [1.165, 1.54) is 38.5 Å². The van der Waals surface area contributed by atoms with Gasteiger partial charge >= 0.3 is 12.5 Å². The van der Waals surface area contributed by atoms with E-state index in [0.717, 1.165) is 24.8 Å². The Bertz CT molecular complexity index is 735. The Hall–Kier alpha value is -1.60. The van der Waals surface area contributed by atoms with Crippen molar-refractivity contribution in [3.63, 3.8) is 0 Å². The van der Waals surface area contributed by atoms with E-state index >= 15 is 0 Å². The largest absolute Gasteiger partial charge is 0.503 e. The highest BCUT2D eigenvalue weighted by molar-refractivity contribution is 5.45. The molecule has 0 radical (unpaired) electrons. The first-order valence-corrected chi connectivity index (χ1v) is 11.2. The molecule has 2 fully saturated rings. The van der Waals surface area contributed by atoms with E-state index in [4.69, 9.17) is 0 Å². The third-order valence-corrected chi connectivity index (χ3v) is 7.12. The van der Waals surface area contributed by atoms with E-state index in [1.807, 2.05) is 0 Å². The summed E-state index contributed by atoms with van der Waals surface area (Å²) in [5.41, 5.74) is -0.148. The molecule has 0 bridgehead atoms. The molecule has 2 saturated carbocycles. The highest BCUT2D eigenvalue weighted by atomic mass is 19.4. The summed E-state index contributed by atoms with van der Waals surface area (Å²) >= 11 is 0. The van der Waals surface area contributed by atoms with Crippen molar-refractivity contribution in [3.8, 4) is 11.5 Å². The van der Waals surface area contributed by atoms with Crippen LogP contribution in [0.3, 0.4) is 0 Å². The summed E-state index contributed by atoms with van der Waals surface area (Å²) in [6, 6.07) is 0.776. The minimum absolute atomic E-state index is 0.148. The van der Waals surface area contributed by atoms with Gasteiger partial charge in [-0.25, -0.2) is 4.39 Å². The number of hydrogen-bond acceptors (Lipinski definition) is 2. The average molecular weight is 452 g/mol. The Morgan fingerprint density at radius 1 is 1.00 bits per heavy atom. The number of benzene rings is 1. The van der Waals surface area contributed by atoms with Crippen molar-refractivity contribution in [2.45, 2.75) is 89.6 Å². The zero-order chi connectivity index (χ0) is 22.8. The standard InChI is InChI=1S/C23H30F6O2/c1-2-3-13-4-6-14(7-5-13)15-8-10-16(11-9-15)17-12-18(24)20(30)19(25)21(17)31-22(26)23(27,28)29/h12-16,22,30H,2-11H2,1H3. The van der Waals surface area contributed by atoms with Crippen molar-refractivity contribution in [2.24, 2.45) is 17.8 Å². The van der Waals surface area contributed by atoms with Crippen molar-refractivity contribution in [1.29, 1.82) is 0 Å². The zero-order valence-corrected chi connectivity index (χ0v) is 17.7. The summed E-state index contributed by atoms with van der Waals surface area (Å²) < 4.78 is 83.8. The van der Waals surface area contributed by atoms with Gasteiger partial charge in [-0.1, -0.05) is 32.6 Å². The lowest BCUT2D eigenvalue weighted by Crippen LogP contribution is -2.31. The predicted octanol–water partition coefficient (Wildman–Crippen LogP) is 7.79. The molecular weight excluding hydrogens is 422 g/mol. The fourth-order valence-electron chi connectivity index (χ4n) is 5.46. The molecule has 0 aromatic heterocycles. The molecule has 1 atom stereocenters. The monoisotopic (exact) mass is 452 g/mol. The maximum absolute atomic E-state index is 14.3. The topological polar surface area (TPSA) is 29.5 Å². The molecular formula is C23H30F6O2. The van der Waals surface area contributed by atoms with Crippen molar-refractivity contribution < 1.29 is 36.2 Å². The van der Waals surface area contributed by atoms with Gasteiger partial charge in [0.05, 0.1) is 0 Å². The van der Waals surface area contributed by atoms with Crippen molar-refractivity contribution in [2.75, 3.05) is 0 Å². The molecule has 2 aliphatic carbocycles. The average Bonchev–Trinajstić information content (AvgIpc) is 2.74. The molecule has 1 N–H and O–H groups in total. The highest BCUT2D eigenvalue weighted by Crippen LogP contribution is 2.48. The van der Waals surface area contributed by atoms with Crippen LogP contribution < -0.4 is 4.74 Å². The molecule has 0 aliphatic heterocycles. The third-order valence-electron chi connectivity index (χ3n) is 7.12. The Labute approximate surface area is 179 Å². The molecule has 0 amide bonds. The van der Waals surface area contributed by atoms with Gasteiger partial charge in [-0.2, -0.15) is 22.0 Å². The van der Waals surface area contributed by atoms with E-state index in [9.17, 15) is 31.4 Å². The first-order chi connectivity index (χ1) is 14.6. The number of rotatable bonds is 6. The Kier molecular flexibility index (Phi) is 7.68. The minimum atomic E-state index is -5.36. The molecule has 2 nitrogen and oxygen atoms in total. The van der Waals surface area contributed by atoms with E-state index in [1.54, 1.807) is 0 Å². The summed E-state index contributed by atoms with van der Waals surface area (Å²) in [6.45, 7) is 2.19. The Balaban J connectivity index is 1.70. The third kappa shape index (κ3) is 5.61. The second-order valence-corrected chi connectivity index (χ2v) is 9.10. The lowest BCUT2D eigenvalue weighted by atomic mass is 9.68. The quantitative estimate of drug-likeness (QED) is 0.447. The summed E-state index contributed by atoms with van der Waals surface area (Å²) in [4.78, 5) is 0. The number of ether oxygens (including phenoxy) is 1. The minimum Gasteiger partial charge on any atom is -0.503 e. The fourth-order valence-corrected chi connectivity index (χ4v) is 5.46. The lowest BCUT2D eigenvalue weighted by molar-refractivity contribution is -0.237. The fraction of sp³-hybridized carbons (Fsp3) is 0.739. The van der Waals surface area contributed by atoms with Crippen LogP contribution in [-0.4, -0.2) is 17.6 Å². The van der Waals surface area contributed by atoms with Crippen LogP contribution in [0.5, 0.6) is 11.5 Å². The van der Waals surface area contributed by atoms with Crippen LogP contribution in [0.4, 0.5) is 26.3 Å². The van der Waals surface area contributed by atoms with E-state index in [0.29, 0.717) is 24.7 Å². The Morgan fingerprint density at radius 3 is 2.06 bits per heavy atom. The van der Waals surface area contributed by atoms with Crippen LogP contribution in [-0.2, 0) is 0 Å². The number of phenolic OH excluding ortho intramolecular Hbond substituents is 1. The smallest absolute Gasteiger partial charge is 0.457 e. The number of alkyl halides is 4. The van der Waals surface area contributed by atoms with Gasteiger partial charge < -0.3 is 9.84 Å². The molecule has 0 spiro atoms. The van der Waals surface area contributed by atoms with Gasteiger partial charge in [0.15, 0.2) is 17.3 Å². The van der Waals surface area contributed by atoms with E-state index < -0.39 is 41.6 Å². The van der Waals surface area contributed by atoms with Crippen LogP contribution in [0.15, 0.2) is 6.07 Å². The molecule has 8 heteroatoms. The predicted molar refractivity (Wildman–Crippen MR) is 105 cm³/mol. The summed E-state index contributed by atoms with van der Waals surface area (Å²) in [7, 11) is 0. The molecule has 31 heavy (non-hydrogen) atoms. The van der Waals surface area contributed by atoms with Gasteiger partial charge in [0, 0.05) is 5.56 Å². The van der Waals surface area contributed by atoms with Crippen molar-refractivity contribution >= 4 is 0 Å². The maximum Gasteiger partial charge on any atom is 0.457 e. The molecule has 1 unspecified atom stereocenters.